The zero-order valence-electron chi connectivity index (χ0n) is 18.4. The number of anilines is 1. The number of rotatable bonds is 5. The highest BCUT2D eigenvalue weighted by Gasteiger charge is 2.24. The third-order valence-corrected chi connectivity index (χ3v) is 6.74. The van der Waals surface area contributed by atoms with Gasteiger partial charge < -0.3 is 15.4 Å². The summed E-state index contributed by atoms with van der Waals surface area (Å²) in [6.07, 6.45) is 6.61. The summed E-state index contributed by atoms with van der Waals surface area (Å²) in [4.78, 5) is 11.2. The van der Waals surface area contributed by atoms with Gasteiger partial charge in [-0.15, -0.1) is 0 Å². The number of nitrogen functional groups attached to an aromatic ring is 1. The number of ether oxygens (including phenoxy) is 1. The molecule has 2 aromatic heterocycles. The second kappa shape index (κ2) is 7.74. The molecule has 0 radical (unpaired) electrons. The monoisotopic (exact) mass is 428 g/mol. The first-order chi connectivity index (χ1) is 15.6. The Labute approximate surface area is 187 Å². The maximum Gasteiger partial charge on any atom is 0.163 e. The number of fused-ring (bicyclic) bond motifs is 2. The zero-order chi connectivity index (χ0) is 21.7. The Kier molecular flexibility index (Phi) is 4.72. The molecule has 0 amide bonds. The fraction of sp³-hybridized carbons (Fsp3) is 0.400. The molecule has 7 nitrogen and oxygen atoms in total. The summed E-state index contributed by atoms with van der Waals surface area (Å²) in [6.45, 7) is 3.12. The molecular formula is C25H28N6O. The van der Waals surface area contributed by atoms with Crippen molar-refractivity contribution in [1.29, 1.82) is 0 Å². The minimum Gasteiger partial charge on any atom is -0.490 e. The second-order valence-electron chi connectivity index (χ2n) is 9.28. The minimum atomic E-state index is 0.398. The maximum absolute atomic E-state index is 6.32. The lowest BCUT2D eigenvalue weighted by Gasteiger charge is -2.28. The van der Waals surface area contributed by atoms with E-state index in [2.05, 4.69) is 58.3 Å². The molecular weight excluding hydrogens is 400 g/mol. The van der Waals surface area contributed by atoms with Gasteiger partial charge in [-0.05, 0) is 80.7 Å². The molecule has 1 saturated heterocycles. The van der Waals surface area contributed by atoms with Gasteiger partial charge in [0.2, 0.25) is 0 Å². The number of nitrogens with two attached hydrogens (primary N) is 1. The van der Waals surface area contributed by atoms with Gasteiger partial charge in [0.25, 0.3) is 0 Å². The summed E-state index contributed by atoms with van der Waals surface area (Å²) in [5.74, 6) is 2.02. The first-order valence-electron chi connectivity index (χ1n) is 11.5. The van der Waals surface area contributed by atoms with Crippen molar-refractivity contribution in [2.45, 2.75) is 38.3 Å². The van der Waals surface area contributed by atoms with Crippen LogP contribution in [-0.4, -0.2) is 50.9 Å². The molecule has 1 aliphatic heterocycles. The topological polar surface area (TPSA) is 82.1 Å². The Balaban J connectivity index is 1.38. The van der Waals surface area contributed by atoms with Gasteiger partial charge >= 0.3 is 0 Å². The highest BCUT2D eigenvalue weighted by molar-refractivity contribution is 6.00. The molecule has 6 rings (SSSR count). The summed E-state index contributed by atoms with van der Waals surface area (Å²) in [6, 6.07) is 12.7. The zero-order valence-corrected chi connectivity index (χ0v) is 18.4. The number of aromatic nitrogens is 4. The van der Waals surface area contributed by atoms with Gasteiger partial charge in [0, 0.05) is 12.1 Å². The smallest absolute Gasteiger partial charge is 0.163 e. The van der Waals surface area contributed by atoms with Crippen molar-refractivity contribution < 1.29 is 4.74 Å². The molecule has 2 aromatic carbocycles. The van der Waals surface area contributed by atoms with Crippen molar-refractivity contribution in [3.63, 3.8) is 0 Å². The Morgan fingerprint density at radius 3 is 2.59 bits per heavy atom. The standard InChI is InChI=1S/C25H28N6O/c1-30-10-8-16(9-11-30)14-31-25-22(24(26)27-15-28-25)23(29-31)19-3-2-18-13-21(32-20-6-7-20)5-4-17(18)12-19/h2-5,12-13,15-16,20H,6-11,14H2,1H3,(H2,26,27,28). The van der Waals surface area contributed by atoms with E-state index in [0.29, 0.717) is 17.8 Å². The van der Waals surface area contributed by atoms with Crippen molar-refractivity contribution in [3.05, 3.63) is 42.7 Å². The Morgan fingerprint density at radius 1 is 1.00 bits per heavy atom. The average Bonchev–Trinajstić information content (AvgIpc) is 3.54. The highest BCUT2D eigenvalue weighted by Crippen LogP contribution is 2.34. The van der Waals surface area contributed by atoms with E-state index in [0.717, 1.165) is 71.3 Å². The number of nitrogens with zero attached hydrogens (tertiary/aromatic N) is 5. The molecule has 164 valence electrons. The molecule has 0 unspecified atom stereocenters. The van der Waals surface area contributed by atoms with Crippen molar-refractivity contribution in [2.24, 2.45) is 5.92 Å². The lowest BCUT2D eigenvalue weighted by atomic mass is 9.97. The van der Waals surface area contributed by atoms with Gasteiger partial charge in [-0.3, -0.25) is 0 Å². The van der Waals surface area contributed by atoms with E-state index >= 15 is 0 Å². The van der Waals surface area contributed by atoms with Crippen molar-refractivity contribution in [3.8, 4) is 17.0 Å². The van der Waals surface area contributed by atoms with Crippen LogP contribution in [0.2, 0.25) is 0 Å². The van der Waals surface area contributed by atoms with Gasteiger partial charge in [0.15, 0.2) is 5.65 Å². The van der Waals surface area contributed by atoms with Crippen LogP contribution in [0.3, 0.4) is 0 Å². The molecule has 2 fully saturated rings. The number of hydrogen-bond acceptors (Lipinski definition) is 6. The number of piperidine rings is 1. The summed E-state index contributed by atoms with van der Waals surface area (Å²) in [5.41, 5.74) is 9.02. The first kappa shape index (κ1) is 19.5. The van der Waals surface area contributed by atoms with E-state index < -0.39 is 0 Å². The molecule has 0 spiro atoms. The minimum absolute atomic E-state index is 0.398. The number of hydrogen-bond donors (Lipinski definition) is 1. The van der Waals surface area contributed by atoms with E-state index in [1.807, 2.05) is 4.68 Å². The Morgan fingerprint density at radius 2 is 1.78 bits per heavy atom. The molecule has 32 heavy (non-hydrogen) atoms. The van der Waals surface area contributed by atoms with Crippen molar-refractivity contribution >= 4 is 27.6 Å². The van der Waals surface area contributed by atoms with Crippen LogP contribution >= 0.6 is 0 Å². The predicted molar refractivity (Wildman–Crippen MR) is 127 cm³/mol. The lowest BCUT2D eigenvalue weighted by molar-refractivity contribution is 0.202. The highest BCUT2D eigenvalue weighted by atomic mass is 16.5. The molecule has 3 heterocycles. The summed E-state index contributed by atoms with van der Waals surface area (Å²) in [7, 11) is 2.19. The fourth-order valence-electron chi connectivity index (χ4n) is 4.67. The third-order valence-electron chi connectivity index (χ3n) is 6.74. The van der Waals surface area contributed by atoms with Gasteiger partial charge in [0.05, 0.1) is 11.5 Å². The van der Waals surface area contributed by atoms with Crippen LogP contribution < -0.4 is 10.5 Å². The molecule has 1 aliphatic carbocycles. The number of likely N-dealkylation sites (tertiary alicyclic amines) is 1. The largest absolute Gasteiger partial charge is 0.490 e. The predicted octanol–water partition coefficient (Wildman–Crippen LogP) is 4.11. The fourth-order valence-corrected chi connectivity index (χ4v) is 4.67. The van der Waals surface area contributed by atoms with Crippen LogP contribution in [-0.2, 0) is 6.54 Å². The van der Waals surface area contributed by atoms with Crippen LogP contribution in [0.1, 0.15) is 25.7 Å². The van der Waals surface area contributed by atoms with Crippen molar-refractivity contribution in [1.82, 2.24) is 24.6 Å². The van der Waals surface area contributed by atoms with E-state index in [-0.39, 0.29) is 0 Å². The van der Waals surface area contributed by atoms with Crippen LogP contribution in [0.25, 0.3) is 33.1 Å². The molecule has 7 heteroatoms. The van der Waals surface area contributed by atoms with Gasteiger partial charge in [-0.2, -0.15) is 5.10 Å². The molecule has 2 N–H and O–H groups in total. The van der Waals surface area contributed by atoms with Crippen LogP contribution in [0, 0.1) is 5.92 Å². The normalized spacial score (nSPS) is 17.9. The van der Waals surface area contributed by atoms with E-state index in [9.17, 15) is 0 Å². The van der Waals surface area contributed by atoms with Crippen LogP contribution in [0.5, 0.6) is 5.75 Å². The first-order valence-corrected chi connectivity index (χ1v) is 11.5. The summed E-state index contributed by atoms with van der Waals surface area (Å²) < 4.78 is 7.99. The van der Waals surface area contributed by atoms with E-state index in [1.165, 1.54) is 19.2 Å². The summed E-state index contributed by atoms with van der Waals surface area (Å²) >= 11 is 0. The molecule has 2 aliphatic rings. The Bertz CT molecular complexity index is 1290. The quantitative estimate of drug-likeness (QED) is 0.515. The van der Waals surface area contributed by atoms with Crippen LogP contribution in [0.15, 0.2) is 42.7 Å². The molecule has 1 saturated carbocycles. The molecule has 0 atom stereocenters. The summed E-state index contributed by atoms with van der Waals surface area (Å²) in [5, 5.41) is 8.15. The van der Waals surface area contributed by atoms with E-state index in [1.54, 1.807) is 0 Å². The van der Waals surface area contributed by atoms with Gasteiger partial charge in [-0.25, -0.2) is 14.6 Å². The second-order valence-corrected chi connectivity index (χ2v) is 9.28. The van der Waals surface area contributed by atoms with Gasteiger partial charge in [0.1, 0.15) is 23.6 Å². The third kappa shape index (κ3) is 3.66. The SMILES string of the molecule is CN1CCC(Cn2nc(-c3ccc4cc(OC5CC5)ccc4c3)c3c(N)ncnc32)CC1. The van der Waals surface area contributed by atoms with Crippen LogP contribution in [0.4, 0.5) is 5.82 Å². The average molecular weight is 429 g/mol. The van der Waals surface area contributed by atoms with Gasteiger partial charge in [-0.1, -0.05) is 18.2 Å². The van der Waals surface area contributed by atoms with Crippen molar-refractivity contribution in [2.75, 3.05) is 25.9 Å². The Hall–Kier alpha value is -3.19. The molecule has 0 bridgehead atoms. The maximum atomic E-state index is 6.32. The molecule has 4 aromatic rings. The number of benzene rings is 2. The van der Waals surface area contributed by atoms with E-state index in [4.69, 9.17) is 15.6 Å². The lowest BCUT2D eigenvalue weighted by Crippen LogP contribution is -2.32.